The molecule has 2 rings (SSSR count). The average molecular weight is 353 g/mol. The van der Waals surface area contributed by atoms with Crippen LogP contribution >= 0.6 is 0 Å². The standard InChI is InChI=1S/C22H42NO2/c1-5-23(6-2,19(3)4)17-18-25-21(24)22(15-11-8-12-16-22)20-13-9-7-10-14-20/h19-20H,5-18H2,1-4H3/q+1. The molecule has 0 atom stereocenters. The van der Waals surface area contributed by atoms with Gasteiger partial charge in [-0.1, -0.05) is 38.5 Å². The number of quaternary nitrogens is 1. The highest BCUT2D eigenvalue weighted by Crippen LogP contribution is 2.49. The third-order valence-electron chi connectivity index (χ3n) is 7.66. The maximum Gasteiger partial charge on any atom is 0.312 e. The number of nitrogens with zero attached hydrogens (tertiary/aromatic N) is 1. The molecule has 3 nitrogen and oxygen atoms in total. The Morgan fingerprint density at radius 1 is 1.00 bits per heavy atom. The van der Waals surface area contributed by atoms with Gasteiger partial charge in [-0.15, -0.1) is 0 Å². The fourth-order valence-corrected chi connectivity index (χ4v) is 5.61. The first-order chi connectivity index (χ1) is 12.0. The Balaban J connectivity index is 2.00. The van der Waals surface area contributed by atoms with Gasteiger partial charge in [-0.05, 0) is 59.3 Å². The van der Waals surface area contributed by atoms with E-state index in [9.17, 15) is 4.79 Å². The first kappa shape index (κ1) is 20.7. The van der Waals surface area contributed by atoms with Gasteiger partial charge in [0.25, 0.3) is 0 Å². The van der Waals surface area contributed by atoms with Crippen LogP contribution in [0, 0.1) is 11.3 Å². The molecule has 3 heteroatoms. The summed E-state index contributed by atoms with van der Waals surface area (Å²) in [5.74, 6) is 0.726. The van der Waals surface area contributed by atoms with Crippen LogP contribution in [-0.2, 0) is 9.53 Å². The topological polar surface area (TPSA) is 26.3 Å². The van der Waals surface area contributed by atoms with Crippen molar-refractivity contribution < 1.29 is 14.0 Å². The van der Waals surface area contributed by atoms with Crippen LogP contribution in [0.2, 0.25) is 0 Å². The molecule has 0 aromatic carbocycles. The van der Waals surface area contributed by atoms with Crippen molar-refractivity contribution in [2.75, 3.05) is 26.2 Å². The number of ether oxygens (including phenoxy) is 1. The third kappa shape index (κ3) is 4.59. The van der Waals surface area contributed by atoms with Gasteiger partial charge in [0.1, 0.15) is 13.2 Å². The summed E-state index contributed by atoms with van der Waals surface area (Å²) in [7, 11) is 0. The van der Waals surface area contributed by atoms with Crippen LogP contribution < -0.4 is 0 Å². The minimum Gasteiger partial charge on any atom is -0.459 e. The molecule has 0 spiro atoms. The lowest BCUT2D eigenvalue weighted by atomic mass is 9.62. The van der Waals surface area contributed by atoms with Gasteiger partial charge in [-0.2, -0.15) is 0 Å². The minimum absolute atomic E-state index is 0.146. The Bertz CT molecular complexity index is 402. The van der Waals surface area contributed by atoms with E-state index in [0.717, 1.165) is 37.0 Å². The van der Waals surface area contributed by atoms with E-state index in [0.29, 0.717) is 18.6 Å². The smallest absolute Gasteiger partial charge is 0.312 e. The van der Waals surface area contributed by atoms with Crippen molar-refractivity contribution in [3.63, 3.8) is 0 Å². The second kappa shape index (κ2) is 9.39. The van der Waals surface area contributed by atoms with Crippen LogP contribution in [0.5, 0.6) is 0 Å². The number of carbonyl (C=O) groups excluding carboxylic acids is 1. The van der Waals surface area contributed by atoms with E-state index in [2.05, 4.69) is 27.7 Å². The molecule has 0 heterocycles. The summed E-state index contributed by atoms with van der Waals surface area (Å²) in [6.07, 6.45) is 12.3. The zero-order valence-electron chi connectivity index (χ0n) is 17.3. The summed E-state index contributed by atoms with van der Waals surface area (Å²) in [5, 5.41) is 0. The van der Waals surface area contributed by atoms with Crippen molar-refractivity contribution in [3.05, 3.63) is 0 Å². The van der Waals surface area contributed by atoms with Crippen molar-refractivity contribution in [1.82, 2.24) is 0 Å². The van der Waals surface area contributed by atoms with E-state index in [1.165, 1.54) is 51.4 Å². The molecule has 2 aliphatic carbocycles. The molecule has 0 saturated heterocycles. The largest absolute Gasteiger partial charge is 0.459 e. The Labute approximate surface area is 156 Å². The second-order valence-electron chi connectivity index (χ2n) is 8.86. The molecular formula is C22H42NO2+. The Hall–Kier alpha value is -0.570. The van der Waals surface area contributed by atoms with Crippen LogP contribution in [-0.4, -0.2) is 42.7 Å². The molecule has 0 unspecified atom stereocenters. The summed E-state index contributed by atoms with van der Waals surface area (Å²) in [6.45, 7) is 12.9. The first-order valence-electron chi connectivity index (χ1n) is 11.0. The van der Waals surface area contributed by atoms with Crippen LogP contribution in [0.25, 0.3) is 0 Å². The van der Waals surface area contributed by atoms with Gasteiger partial charge in [0.05, 0.1) is 24.5 Å². The van der Waals surface area contributed by atoms with E-state index in [4.69, 9.17) is 4.74 Å². The lowest BCUT2D eigenvalue weighted by Crippen LogP contribution is -2.55. The molecule has 0 aromatic rings. The predicted octanol–water partition coefficient (Wildman–Crippen LogP) is 5.33. The maximum absolute atomic E-state index is 13.2. The summed E-state index contributed by atoms with van der Waals surface area (Å²) < 4.78 is 7.04. The number of esters is 1. The van der Waals surface area contributed by atoms with Crippen molar-refractivity contribution in [1.29, 1.82) is 0 Å². The van der Waals surface area contributed by atoms with Gasteiger partial charge in [0.2, 0.25) is 0 Å². The molecule has 146 valence electrons. The second-order valence-corrected chi connectivity index (χ2v) is 8.86. The van der Waals surface area contributed by atoms with Crippen LogP contribution in [0.1, 0.15) is 91.9 Å². The summed E-state index contributed by atoms with van der Waals surface area (Å²) >= 11 is 0. The van der Waals surface area contributed by atoms with E-state index >= 15 is 0 Å². The molecule has 0 bridgehead atoms. The van der Waals surface area contributed by atoms with Gasteiger partial charge >= 0.3 is 5.97 Å². The van der Waals surface area contributed by atoms with Crippen molar-refractivity contribution >= 4 is 5.97 Å². The normalized spacial score (nSPS) is 22.1. The van der Waals surface area contributed by atoms with Gasteiger partial charge < -0.3 is 9.22 Å². The molecule has 0 aliphatic heterocycles. The van der Waals surface area contributed by atoms with Crippen LogP contribution in [0.4, 0.5) is 0 Å². The quantitative estimate of drug-likeness (QED) is 0.436. The van der Waals surface area contributed by atoms with E-state index in [1.54, 1.807) is 0 Å². The van der Waals surface area contributed by atoms with Crippen molar-refractivity contribution in [3.8, 4) is 0 Å². The summed E-state index contributed by atoms with van der Waals surface area (Å²) in [4.78, 5) is 13.2. The van der Waals surface area contributed by atoms with Gasteiger partial charge in [0.15, 0.2) is 0 Å². The highest BCUT2D eigenvalue weighted by Gasteiger charge is 2.47. The third-order valence-corrected chi connectivity index (χ3v) is 7.66. The van der Waals surface area contributed by atoms with E-state index < -0.39 is 0 Å². The highest BCUT2D eigenvalue weighted by atomic mass is 16.5. The number of likely N-dealkylation sites (N-methyl/N-ethyl adjacent to an activating group) is 1. The highest BCUT2D eigenvalue weighted by molar-refractivity contribution is 5.77. The summed E-state index contributed by atoms with van der Waals surface area (Å²) in [6, 6.07) is 0.579. The number of hydrogen-bond acceptors (Lipinski definition) is 2. The molecule has 2 fully saturated rings. The predicted molar refractivity (Wildman–Crippen MR) is 104 cm³/mol. The average Bonchev–Trinajstić information content (AvgIpc) is 2.66. The lowest BCUT2D eigenvalue weighted by molar-refractivity contribution is -0.944. The zero-order chi connectivity index (χ0) is 18.3. The fourth-order valence-electron chi connectivity index (χ4n) is 5.61. The van der Waals surface area contributed by atoms with Gasteiger partial charge in [0, 0.05) is 0 Å². The van der Waals surface area contributed by atoms with Crippen molar-refractivity contribution in [2.24, 2.45) is 11.3 Å². The molecule has 2 saturated carbocycles. The Morgan fingerprint density at radius 3 is 2.08 bits per heavy atom. The molecule has 25 heavy (non-hydrogen) atoms. The molecule has 2 aliphatic rings. The first-order valence-corrected chi connectivity index (χ1v) is 11.0. The maximum atomic E-state index is 13.2. The molecule has 0 radical (unpaired) electrons. The zero-order valence-corrected chi connectivity index (χ0v) is 17.3. The SMILES string of the molecule is CC[N+](CC)(CCOC(=O)C1(C2CCCCC2)CCCCC1)C(C)C. The minimum atomic E-state index is -0.148. The lowest BCUT2D eigenvalue weighted by Gasteiger charge is -2.44. The molecule has 0 N–H and O–H groups in total. The molecular weight excluding hydrogens is 310 g/mol. The Morgan fingerprint density at radius 2 is 1.56 bits per heavy atom. The van der Waals surface area contributed by atoms with Crippen LogP contribution in [0.3, 0.4) is 0 Å². The summed E-state index contributed by atoms with van der Waals surface area (Å²) in [5.41, 5.74) is -0.148. The fraction of sp³-hybridized carbons (Fsp3) is 0.955. The van der Waals surface area contributed by atoms with E-state index in [-0.39, 0.29) is 11.4 Å². The number of rotatable bonds is 8. The molecule has 0 amide bonds. The van der Waals surface area contributed by atoms with Gasteiger partial charge in [-0.3, -0.25) is 4.79 Å². The number of carbonyl (C=O) groups is 1. The van der Waals surface area contributed by atoms with Crippen molar-refractivity contribution in [2.45, 2.75) is 97.9 Å². The number of hydrogen-bond donors (Lipinski definition) is 0. The van der Waals surface area contributed by atoms with Crippen LogP contribution in [0.15, 0.2) is 0 Å². The monoisotopic (exact) mass is 352 g/mol. The Kier molecular flexibility index (Phi) is 7.79. The molecule has 0 aromatic heterocycles. The van der Waals surface area contributed by atoms with Gasteiger partial charge in [-0.25, -0.2) is 0 Å². The van der Waals surface area contributed by atoms with E-state index in [1.807, 2.05) is 0 Å².